The molecule has 6 nitrogen and oxygen atoms in total. The van der Waals surface area contributed by atoms with E-state index < -0.39 is 16.0 Å². The van der Waals surface area contributed by atoms with Crippen molar-refractivity contribution in [3.8, 4) is 0 Å². The van der Waals surface area contributed by atoms with Gasteiger partial charge in [0.05, 0.1) is 5.69 Å². The normalized spacial score (nSPS) is 11.8. The largest absolute Gasteiger partial charge is 0.477 e. The number of carboxylic acids is 1. The maximum Gasteiger partial charge on any atom is 0.347 e. The van der Waals surface area contributed by atoms with Gasteiger partial charge in [-0.25, -0.2) is 18.2 Å². The van der Waals surface area contributed by atoms with Crippen LogP contribution in [0, 0.1) is 13.8 Å². The summed E-state index contributed by atoms with van der Waals surface area (Å²) in [6.45, 7) is 3.23. The summed E-state index contributed by atoms with van der Waals surface area (Å²) in [4.78, 5) is 15.0. The van der Waals surface area contributed by atoms with E-state index in [4.69, 9.17) is 16.7 Å². The monoisotopic (exact) mass is 402 g/mol. The highest BCUT2D eigenvalue weighted by atomic mass is 35.5. The molecule has 2 aromatic heterocycles. The van der Waals surface area contributed by atoms with Gasteiger partial charge in [-0.1, -0.05) is 22.9 Å². The molecule has 0 fully saturated rings. The first-order valence-corrected chi connectivity index (χ1v) is 10.1. The fourth-order valence-corrected chi connectivity index (χ4v) is 6.19. The molecule has 2 N–H and O–H groups in total. The van der Waals surface area contributed by atoms with Crippen LogP contribution in [-0.2, 0) is 10.0 Å². The van der Waals surface area contributed by atoms with E-state index >= 15 is 0 Å². The Morgan fingerprint density at radius 2 is 2.00 bits per heavy atom. The van der Waals surface area contributed by atoms with Gasteiger partial charge in [0.25, 0.3) is 10.0 Å². The number of hydrogen-bond acceptors (Lipinski definition) is 6. The van der Waals surface area contributed by atoms with Crippen molar-refractivity contribution in [1.29, 1.82) is 0 Å². The second kappa shape index (κ2) is 5.99. The number of aromatic nitrogens is 1. The Balaban J connectivity index is 2.04. The first-order valence-electron chi connectivity index (χ1n) is 6.61. The molecular formula is C14H11ClN2O4S3. The summed E-state index contributed by atoms with van der Waals surface area (Å²) in [5.41, 5.74) is 0.863. The number of fused-ring (bicyclic) bond motifs is 1. The van der Waals surface area contributed by atoms with Crippen LogP contribution < -0.4 is 4.72 Å². The van der Waals surface area contributed by atoms with Gasteiger partial charge in [0.15, 0.2) is 5.13 Å². The lowest BCUT2D eigenvalue weighted by molar-refractivity contribution is 0.0701. The minimum atomic E-state index is -3.87. The van der Waals surface area contributed by atoms with Gasteiger partial charge in [-0.15, -0.1) is 11.3 Å². The molecule has 10 heteroatoms. The first kappa shape index (κ1) is 17.2. The summed E-state index contributed by atoms with van der Waals surface area (Å²) in [7, 11) is -3.87. The Labute approximate surface area is 150 Å². The molecule has 3 rings (SSSR count). The lowest BCUT2D eigenvalue weighted by atomic mass is 10.2. The van der Waals surface area contributed by atoms with Crippen LogP contribution >= 0.6 is 34.3 Å². The Kier molecular flexibility index (Phi) is 4.28. The van der Waals surface area contributed by atoms with E-state index in [1.165, 1.54) is 6.92 Å². The summed E-state index contributed by atoms with van der Waals surface area (Å²) in [5, 5.41) is 10.4. The van der Waals surface area contributed by atoms with Crippen LogP contribution in [0.2, 0.25) is 5.02 Å². The number of hydrogen-bond donors (Lipinski definition) is 2. The quantitative estimate of drug-likeness (QED) is 0.684. The molecule has 2 heterocycles. The van der Waals surface area contributed by atoms with E-state index in [2.05, 4.69) is 9.71 Å². The lowest BCUT2D eigenvalue weighted by Crippen LogP contribution is -2.12. The molecule has 0 spiro atoms. The van der Waals surface area contributed by atoms with Crippen LogP contribution in [0.15, 0.2) is 22.4 Å². The number of carboxylic acid groups (broad SMARTS) is 1. The zero-order valence-corrected chi connectivity index (χ0v) is 15.7. The number of aryl methyl sites for hydroxylation is 2. The zero-order chi connectivity index (χ0) is 17.6. The number of rotatable bonds is 4. The molecular weight excluding hydrogens is 392 g/mol. The van der Waals surface area contributed by atoms with Crippen molar-refractivity contribution in [1.82, 2.24) is 4.98 Å². The summed E-state index contributed by atoms with van der Waals surface area (Å²) in [6, 6.07) is 5.19. The van der Waals surface area contributed by atoms with E-state index in [1.807, 2.05) is 0 Å². The molecule has 0 saturated carbocycles. The number of thiophene rings is 1. The number of nitrogens with zero attached hydrogens (tertiary/aromatic N) is 1. The van der Waals surface area contributed by atoms with Crippen molar-refractivity contribution in [2.75, 3.05) is 4.72 Å². The predicted octanol–water partition coefficient (Wildman–Crippen LogP) is 4.13. The van der Waals surface area contributed by atoms with Crippen LogP contribution in [0.4, 0.5) is 5.13 Å². The fraction of sp³-hybridized carbons (Fsp3) is 0.143. The Morgan fingerprint density at radius 1 is 1.29 bits per heavy atom. The number of sulfonamides is 1. The molecule has 0 bridgehead atoms. The average molecular weight is 403 g/mol. The van der Waals surface area contributed by atoms with Crippen molar-refractivity contribution in [2.24, 2.45) is 0 Å². The van der Waals surface area contributed by atoms with Gasteiger partial charge in [0.2, 0.25) is 0 Å². The summed E-state index contributed by atoms with van der Waals surface area (Å²) < 4.78 is 28.6. The van der Waals surface area contributed by atoms with Crippen LogP contribution in [0.3, 0.4) is 0 Å². The Morgan fingerprint density at radius 3 is 2.62 bits per heavy atom. The van der Waals surface area contributed by atoms with E-state index in [-0.39, 0.29) is 19.9 Å². The third-order valence-corrected chi connectivity index (χ3v) is 7.97. The maximum atomic E-state index is 12.7. The third kappa shape index (κ3) is 3.00. The molecule has 0 atom stereocenters. The van der Waals surface area contributed by atoms with Crippen LogP contribution in [0.1, 0.15) is 20.9 Å². The van der Waals surface area contributed by atoms with Crippen LogP contribution in [0.5, 0.6) is 0 Å². The van der Waals surface area contributed by atoms with E-state index in [0.29, 0.717) is 10.6 Å². The molecule has 0 aliphatic heterocycles. The Hall–Kier alpha value is -1.68. The lowest BCUT2D eigenvalue weighted by Gasteiger charge is -2.03. The number of halogens is 1. The molecule has 0 radical (unpaired) electrons. The second-order valence-corrected chi connectivity index (χ2v) is 9.36. The van der Waals surface area contributed by atoms with Crippen LogP contribution in [0.25, 0.3) is 10.1 Å². The van der Waals surface area contributed by atoms with Crippen molar-refractivity contribution in [3.63, 3.8) is 0 Å². The van der Waals surface area contributed by atoms with Gasteiger partial charge in [-0.05, 0) is 43.0 Å². The van der Waals surface area contributed by atoms with Crippen molar-refractivity contribution in [2.45, 2.75) is 18.1 Å². The smallest absolute Gasteiger partial charge is 0.347 e. The average Bonchev–Trinajstić information content (AvgIpc) is 3.00. The van der Waals surface area contributed by atoms with E-state index in [1.54, 1.807) is 25.1 Å². The Bertz CT molecular complexity index is 1070. The fourth-order valence-electron chi connectivity index (χ4n) is 2.23. The van der Waals surface area contributed by atoms with E-state index in [0.717, 1.165) is 32.8 Å². The first-order chi connectivity index (χ1) is 11.2. The summed E-state index contributed by atoms with van der Waals surface area (Å²) in [5.74, 6) is -1.14. The highest BCUT2D eigenvalue weighted by Gasteiger charge is 2.24. The van der Waals surface area contributed by atoms with Crippen molar-refractivity contribution >= 4 is 65.5 Å². The summed E-state index contributed by atoms with van der Waals surface area (Å²) >= 11 is 7.88. The molecule has 24 heavy (non-hydrogen) atoms. The molecule has 3 aromatic rings. The standard InChI is InChI=1S/C14H11ClN2O4S3/c1-6-9-5-8(15)3-4-10(9)22-13(6)24(20,21)17-14-16-7(2)11(23-14)12(18)19/h3-5H,1-2H3,(H,16,17)(H,18,19). The highest BCUT2D eigenvalue weighted by molar-refractivity contribution is 7.95. The molecule has 0 aliphatic rings. The highest BCUT2D eigenvalue weighted by Crippen LogP contribution is 2.36. The number of nitrogens with one attached hydrogen (secondary N) is 1. The van der Waals surface area contributed by atoms with Gasteiger partial charge in [0, 0.05) is 9.72 Å². The van der Waals surface area contributed by atoms with Crippen molar-refractivity contribution in [3.05, 3.63) is 39.4 Å². The van der Waals surface area contributed by atoms with Gasteiger partial charge in [-0.3, -0.25) is 4.72 Å². The van der Waals surface area contributed by atoms with Gasteiger partial charge < -0.3 is 5.11 Å². The molecule has 0 saturated heterocycles. The molecule has 0 unspecified atom stereocenters. The van der Waals surface area contributed by atoms with E-state index in [9.17, 15) is 13.2 Å². The number of carbonyl (C=O) groups is 1. The maximum absolute atomic E-state index is 12.7. The van der Waals surface area contributed by atoms with Crippen molar-refractivity contribution < 1.29 is 18.3 Å². The molecule has 1 aromatic carbocycles. The number of aromatic carboxylic acids is 1. The van der Waals surface area contributed by atoms with Gasteiger partial charge in [0.1, 0.15) is 9.09 Å². The van der Waals surface area contributed by atoms with Crippen LogP contribution in [-0.4, -0.2) is 24.5 Å². The zero-order valence-electron chi connectivity index (χ0n) is 12.5. The topological polar surface area (TPSA) is 96.4 Å². The predicted molar refractivity (Wildman–Crippen MR) is 96.2 cm³/mol. The van der Waals surface area contributed by atoms with Gasteiger partial charge in [-0.2, -0.15) is 0 Å². The molecule has 0 aliphatic carbocycles. The number of thiazole rings is 1. The van der Waals surface area contributed by atoms with Gasteiger partial charge >= 0.3 is 5.97 Å². The summed E-state index contributed by atoms with van der Waals surface area (Å²) in [6.07, 6.45) is 0. The minimum Gasteiger partial charge on any atom is -0.477 e. The number of anilines is 1. The molecule has 0 amide bonds. The number of benzene rings is 1. The molecule has 126 valence electrons. The second-order valence-electron chi connectivity index (χ2n) is 5.00. The third-order valence-electron chi connectivity index (χ3n) is 3.31. The minimum absolute atomic E-state index is 0.00699. The SMILES string of the molecule is Cc1nc(NS(=O)(=O)c2sc3ccc(Cl)cc3c2C)sc1C(=O)O.